The Bertz CT molecular complexity index is 275. The Morgan fingerprint density at radius 2 is 1.62 bits per heavy atom. The fourth-order valence-electron chi connectivity index (χ4n) is 1.47. The summed E-state index contributed by atoms with van der Waals surface area (Å²) in [6.07, 6.45) is 0.275. The third-order valence-electron chi connectivity index (χ3n) is 2.14. The van der Waals surface area contributed by atoms with Crippen molar-refractivity contribution in [2.45, 2.75) is 53.6 Å². The smallest absolute Gasteiger partial charge is 0.323 e. The van der Waals surface area contributed by atoms with Crippen LogP contribution in [0.25, 0.3) is 0 Å². The van der Waals surface area contributed by atoms with Gasteiger partial charge in [-0.3, -0.25) is 9.59 Å². The summed E-state index contributed by atoms with van der Waals surface area (Å²) in [6, 6.07) is 0. The Kier molecular flexibility index (Phi) is 4.53. The average Bonchev–Trinajstić information content (AvgIpc) is 1.98. The maximum Gasteiger partial charge on any atom is 0.323 e. The van der Waals surface area contributed by atoms with E-state index < -0.39 is 23.0 Å². The maximum absolute atomic E-state index is 11.9. The van der Waals surface area contributed by atoms with Crippen molar-refractivity contribution in [3.8, 4) is 0 Å². The normalized spacial score (nSPS) is 15.7. The molecule has 0 aliphatic carbocycles. The number of carbonyl (C=O) groups is 2. The van der Waals surface area contributed by atoms with Gasteiger partial charge < -0.3 is 9.84 Å². The number of ether oxygens (including phenoxy) is 1. The van der Waals surface area contributed by atoms with E-state index in [1.807, 2.05) is 13.8 Å². The molecule has 0 aromatic carbocycles. The van der Waals surface area contributed by atoms with Crippen molar-refractivity contribution < 1.29 is 19.4 Å². The van der Waals surface area contributed by atoms with Crippen molar-refractivity contribution in [1.29, 1.82) is 0 Å². The minimum Gasteiger partial charge on any atom is -0.480 e. The number of carbonyl (C=O) groups excluding carboxylic acids is 1. The van der Waals surface area contributed by atoms with Gasteiger partial charge in [-0.25, -0.2) is 0 Å². The number of hydrogen-bond acceptors (Lipinski definition) is 3. The van der Waals surface area contributed by atoms with Gasteiger partial charge in [-0.15, -0.1) is 0 Å². The molecule has 0 fully saturated rings. The molecule has 0 aromatic rings. The number of aliphatic carboxylic acids is 1. The Morgan fingerprint density at radius 3 is 1.88 bits per heavy atom. The van der Waals surface area contributed by atoms with Gasteiger partial charge in [-0.1, -0.05) is 13.8 Å². The molecular weight excluding hydrogens is 208 g/mol. The molecule has 4 heteroatoms. The number of esters is 1. The molecule has 0 saturated heterocycles. The van der Waals surface area contributed by atoms with E-state index in [-0.39, 0.29) is 12.3 Å². The molecule has 0 bridgehead atoms. The van der Waals surface area contributed by atoms with E-state index in [0.717, 1.165) is 0 Å². The second kappa shape index (κ2) is 4.85. The molecule has 94 valence electrons. The van der Waals surface area contributed by atoms with Crippen molar-refractivity contribution >= 4 is 11.9 Å². The lowest BCUT2D eigenvalue weighted by atomic mass is 9.82. The predicted octanol–water partition coefficient (Wildman–Crippen LogP) is 2.47. The Labute approximate surface area is 97.0 Å². The first-order chi connectivity index (χ1) is 6.99. The highest BCUT2D eigenvalue weighted by atomic mass is 16.6. The van der Waals surface area contributed by atoms with E-state index >= 15 is 0 Å². The summed E-state index contributed by atoms with van der Waals surface area (Å²) in [7, 11) is 0. The van der Waals surface area contributed by atoms with Crippen LogP contribution in [0.1, 0.15) is 48.0 Å². The fraction of sp³-hybridized carbons (Fsp3) is 0.833. The van der Waals surface area contributed by atoms with Crippen LogP contribution in [-0.4, -0.2) is 22.6 Å². The van der Waals surface area contributed by atoms with E-state index in [2.05, 4.69) is 0 Å². The molecule has 1 atom stereocenters. The summed E-state index contributed by atoms with van der Waals surface area (Å²) in [6.45, 7) is 10.4. The molecule has 0 radical (unpaired) electrons. The number of carboxylic acids is 1. The second-order valence-electron chi connectivity index (χ2n) is 5.74. The summed E-state index contributed by atoms with van der Waals surface area (Å²) >= 11 is 0. The Hall–Kier alpha value is -1.06. The van der Waals surface area contributed by atoms with Crippen LogP contribution in [0.15, 0.2) is 0 Å². The van der Waals surface area contributed by atoms with Crippen LogP contribution in [0.4, 0.5) is 0 Å². The zero-order valence-electron chi connectivity index (χ0n) is 11.0. The highest BCUT2D eigenvalue weighted by molar-refractivity contribution is 5.98. The third kappa shape index (κ3) is 4.21. The lowest BCUT2D eigenvalue weighted by molar-refractivity contribution is -0.176. The molecule has 0 aromatic heterocycles. The first-order valence-electron chi connectivity index (χ1n) is 5.46. The van der Waals surface area contributed by atoms with Crippen molar-refractivity contribution in [2.24, 2.45) is 11.3 Å². The molecule has 16 heavy (non-hydrogen) atoms. The zero-order chi connectivity index (χ0) is 13.1. The molecule has 0 rings (SSSR count). The maximum atomic E-state index is 11.9. The molecule has 1 N–H and O–H groups in total. The summed E-state index contributed by atoms with van der Waals surface area (Å²) in [5.41, 5.74) is -2.12. The van der Waals surface area contributed by atoms with E-state index in [0.29, 0.717) is 0 Å². The molecule has 0 spiro atoms. The summed E-state index contributed by atoms with van der Waals surface area (Å²) in [4.78, 5) is 23.0. The summed E-state index contributed by atoms with van der Waals surface area (Å²) < 4.78 is 5.15. The van der Waals surface area contributed by atoms with Crippen molar-refractivity contribution in [2.75, 3.05) is 0 Å². The fourth-order valence-corrected chi connectivity index (χ4v) is 1.47. The van der Waals surface area contributed by atoms with Gasteiger partial charge in [0, 0.05) is 0 Å². The van der Waals surface area contributed by atoms with Crippen molar-refractivity contribution in [3.05, 3.63) is 0 Å². The van der Waals surface area contributed by atoms with E-state index in [9.17, 15) is 9.59 Å². The lowest BCUT2D eigenvalue weighted by Gasteiger charge is -2.29. The molecule has 0 heterocycles. The highest BCUT2D eigenvalue weighted by Crippen LogP contribution is 2.30. The van der Waals surface area contributed by atoms with Crippen molar-refractivity contribution in [1.82, 2.24) is 0 Å². The first kappa shape index (κ1) is 14.9. The standard InChI is InChI=1S/C12H22O4/c1-8(2)7-12(6,9(13)14)10(15)16-11(3,4)5/h8H,7H2,1-6H3,(H,13,14). The number of hydrogen-bond donors (Lipinski definition) is 1. The quantitative estimate of drug-likeness (QED) is 0.595. The summed E-state index contributed by atoms with van der Waals surface area (Å²) in [5, 5.41) is 9.15. The van der Waals surface area contributed by atoms with Crippen molar-refractivity contribution in [3.63, 3.8) is 0 Å². The van der Waals surface area contributed by atoms with E-state index in [1.165, 1.54) is 6.92 Å². The lowest BCUT2D eigenvalue weighted by Crippen LogP contribution is -2.42. The van der Waals surface area contributed by atoms with Gasteiger partial charge in [-0.2, -0.15) is 0 Å². The van der Waals surface area contributed by atoms with E-state index in [1.54, 1.807) is 20.8 Å². The van der Waals surface area contributed by atoms with Gasteiger partial charge in [0.25, 0.3) is 0 Å². The Balaban J connectivity index is 4.92. The van der Waals surface area contributed by atoms with Gasteiger partial charge in [-0.05, 0) is 40.0 Å². The number of rotatable bonds is 4. The monoisotopic (exact) mass is 230 g/mol. The topological polar surface area (TPSA) is 63.6 Å². The number of carboxylic acid groups (broad SMARTS) is 1. The second-order valence-corrected chi connectivity index (χ2v) is 5.74. The zero-order valence-corrected chi connectivity index (χ0v) is 11.0. The molecule has 0 aliphatic rings. The molecular formula is C12H22O4. The molecule has 0 saturated carbocycles. The van der Waals surface area contributed by atoms with Gasteiger partial charge in [0.2, 0.25) is 0 Å². The van der Waals surface area contributed by atoms with Crippen LogP contribution in [0.2, 0.25) is 0 Å². The third-order valence-corrected chi connectivity index (χ3v) is 2.14. The average molecular weight is 230 g/mol. The van der Waals surface area contributed by atoms with Crippen LogP contribution in [-0.2, 0) is 14.3 Å². The molecule has 1 unspecified atom stereocenters. The van der Waals surface area contributed by atoms with Crippen LogP contribution in [0.3, 0.4) is 0 Å². The first-order valence-corrected chi connectivity index (χ1v) is 5.46. The minimum absolute atomic E-state index is 0.119. The largest absolute Gasteiger partial charge is 0.480 e. The van der Waals surface area contributed by atoms with Gasteiger partial charge in [0.15, 0.2) is 5.41 Å². The van der Waals surface area contributed by atoms with Crippen LogP contribution in [0, 0.1) is 11.3 Å². The van der Waals surface area contributed by atoms with Crippen LogP contribution < -0.4 is 0 Å². The van der Waals surface area contributed by atoms with Gasteiger partial charge in [0.05, 0.1) is 0 Å². The van der Waals surface area contributed by atoms with Crippen LogP contribution >= 0.6 is 0 Å². The van der Waals surface area contributed by atoms with Crippen LogP contribution in [0.5, 0.6) is 0 Å². The molecule has 0 aliphatic heterocycles. The Morgan fingerprint density at radius 1 is 1.19 bits per heavy atom. The molecule has 0 amide bonds. The predicted molar refractivity (Wildman–Crippen MR) is 61.0 cm³/mol. The van der Waals surface area contributed by atoms with Gasteiger partial charge >= 0.3 is 11.9 Å². The van der Waals surface area contributed by atoms with Gasteiger partial charge in [0.1, 0.15) is 5.60 Å². The highest BCUT2D eigenvalue weighted by Gasteiger charge is 2.44. The molecule has 4 nitrogen and oxygen atoms in total. The minimum atomic E-state index is -1.46. The summed E-state index contributed by atoms with van der Waals surface area (Å²) in [5.74, 6) is -1.68. The SMILES string of the molecule is CC(C)CC(C)(C(=O)O)C(=O)OC(C)(C)C. The van der Waals surface area contributed by atoms with E-state index in [4.69, 9.17) is 9.84 Å².